The van der Waals surface area contributed by atoms with E-state index >= 15 is 0 Å². The zero-order valence-corrected chi connectivity index (χ0v) is 12.2. The average molecular weight is 277 g/mol. The number of aliphatic hydroxyl groups is 1. The molecular weight excluding hydrogens is 254 g/mol. The summed E-state index contributed by atoms with van der Waals surface area (Å²) in [5, 5.41) is 12.7. The number of rotatable bonds is 4. The molecule has 2 rings (SSSR count). The Morgan fingerprint density at radius 3 is 2.85 bits per heavy atom. The molecule has 0 bridgehead atoms. The molecule has 1 unspecified atom stereocenters. The molecule has 0 radical (unpaired) electrons. The van der Waals surface area contributed by atoms with E-state index in [1.54, 1.807) is 18.3 Å². The van der Waals surface area contributed by atoms with Crippen molar-refractivity contribution in [3.63, 3.8) is 0 Å². The van der Waals surface area contributed by atoms with Gasteiger partial charge in [-0.25, -0.2) is 4.98 Å². The van der Waals surface area contributed by atoms with Crippen LogP contribution >= 0.6 is 0 Å². The van der Waals surface area contributed by atoms with Gasteiger partial charge in [0.25, 0.3) is 5.91 Å². The van der Waals surface area contributed by atoms with Gasteiger partial charge in [-0.3, -0.25) is 4.79 Å². The third-order valence-electron chi connectivity index (χ3n) is 3.87. The summed E-state index contributed by atoms with van der Waals surface area (Å²) < 4.78 is 0. The van der Waals surface area contributed by atoms with Gasteiger partial charge in [0.05, 0.1) is 6.10 Å². The molecule has 0 spiro atoms. The van der Waals surface area contributed by atoms with Gasteiger partial charge in [-0.1, -0.05) is 0 Å². The molecule has 0 saturated carbocycles. The smallest absolute Gasteiger partial charge is 0.254 e. The van der Waals surface area contributed by atoms with Gasteiger partial charge in [0.2, 0.25) is 0 Å². The molecule has 110 valence electrons. The van der Waals surface area contributed by atoms with Crippen LogP contribution in [0.1, 0.15) is 37.0 Å². The maximum Gasteiger partial charge on any atom is 0.254 e. The van der Waals surface area contributed by atoms with E-state index in [1.165, 1.54) is 0 Å². The van der Waals surface area contributed by atoms with Crippen LogP contribution in [0, 0.1) is 5.92 Å². The minimum atomic E-state index is -0.284. The van der Waals surface area contributed by atoms with Gasteiger partial charge in [-0.15, -0.1) is 0 Å². The number of nitrogens with zero attached hydrogens (tertiary/aromatic N) is 2. The summed E-state index contributed by atoms with van der Waals surface area (Å²) >= 11 is 0. The lowest BCUT2D eigenvalue weighted by Gasteiger charge is -2.33. The first-order valence-corrected chi connectivity index (χ1v) is 7.29. The van der Waals surface area contributed by atoms with Gasteiger partial charge in [-0.2, -0.15) is 0 Å². The molecule has 20 heavy (non-hydrogen) atoms. The molecule has 5 nitrogen and oxygen atoms in total. The lowest BCUT2D eigenvalue weighted by atomic mass is 9.92. The fourth-order valence-corrected chi connectivity index (χ4v) is 2.61. The van der Waals surface area contributed by atoms with Crippen molar-refractivity contribution in [3.05, 3.63) is 23.9 Å². The number of piperidine rings is 1. The number of hydrogen-bond acceptors (Lipinski definition) is 4. The van der Waals surface area contributed by atoms with E-state index in [4.69, 9.17) is 0 Å². The van der Waals surface area contributed by atoms with E-state index in [-0.39, 0.29) is 12.0 Å². The van der Waals surface area contributed by atoms with Crippen LogP contribution in [0.25, 0.3) is 0 Å². The van der Waals surface area contributed by atoms with Gasteiger partial charge in [0, 0.05) is 31.4 Å². The summed E-state index contributed by atoms with van der Waals surface area (Å²) in [6.07, 6.45) is 3.12. The number of likely N-dealkylation sites (tertiary alicyclic amines) is 1. The van der Waals surface area contributed by atoms with Crippen LogP contribution in [0.3, 0.4) is 0 Å². The quantitative estimate of drug-likeness (QED) is 0.880. The lowest BCUT2D eigenvalue weighted by molar-refractivity contribution is 0.0521. The van der Waals surface area contributed by atoms with Crippen LogP contribution in [0.15, 0.2) is 18.3 Å². The Balaban J connectivity index is 2.00. The Labute approximate surface area is 120 Å². The number of aromatic nitrogens is 1. The highest BCUT2D eigenvalue weighted by Gasteiger charge is 2.26. The topological polar surface area (TPSA) is 65.5 Å². The Morgan fingerprint density at radius 2 is 2.25 bits per heavy atom. The van der Waals surface area contributed by atoms with Gasteiger partial charge >= 0.3 is 0 Å². The molecule has 1 aromatic heterocycles. The van der Waals surface area contributed by atoms with E-state index in [0.717, 1.165) is 25.2 Å². The predicted molar refractivity (Wildman–Crippen MR) is 78.7 cm³/mol. The molecule has 0 aliphatic carbocycles. The second-order valence-electron chi connectivity index (χ2n) is 5.33. The largest absolute Gasteiger partial charge is 0.393 e. The number of carbonyl (C=O) groups excluding carboxylic acids is 1. The molecule has 1 saturated heterocycles. The SMILES string of the molecule is CCNc1cc(C(=O)N2CCC(C(C)O)CC2)ccn1. The van der Waals surface area contributed by atoms with Crippen LogP contribution in [0.5, 0.6) is 0 Å². The first-order chi connectivity index (χ1) is 9.61. The molecule has 2 N–H and O–H groups in total. The number of nitrogens with one attached hydrogen (secondary N) is 1. The van der Waals surface area contributed by atoms with E-state index in [1.807, 2.05) is 18.7 Å². The number of hydrogen-bond donors (Lipinski definition) is 2. The van der Waals surface area contributed by atoms with E-state index in [0.29, 0.717) is 24.6 Å². The monoisotopic (exact) mass is 277 g/mol. The van der Waals surface area contributed by atoms with Crippen molar-refractivity contribution >= 4 is 11.7 Å². The lowest BCUT2D eigenvalue weighted by Crippen LogP contribution is -2.40. The number of amides is 1. The first kappa shape index (κ1) is 14.8. The minimum Gasteiger partial charge on any atom is -0.393 e. The Bertz CT molecular complexity index is 454. The van der Waals surface area contributed by atoms with E-state index < -0.39 is 0 Å². The molecule has 0 aromatic carbocycles. The first-order valence-electron chi connectivity index (χ1n) is 7.29. The molecule has 1 aliphatic rings. The fraction of sp³-hybridized carbons (Fsp3) is 0.600. The Kier molecular flexibility index (Phi) is 4.95. The number of carbonyl (C=O) groups is 1. The summed E-state index contributed by atoms with van der Waals surface area (Å²) in [5.41, 5.74) is 0.673. The summed E-state index contributed by atoms with van der Waals surface area (Å²) in [6.45, 7) is 6.04. The molecule has 1 amide bonds. The number of anilines is 1. The molecule has 1 aliphatic heterocycles. The van der Waals surface area contributed by atoms with Crippen molar-refractivity contribution in [2.75, 3.05) is 25.0 Å². The zero-order chi connectivity index (χ0) is 14.5. The zero-order valence-electron chi connectivity index (χ0n) is 12.2. The van der Waals surface area contributed by atoms with Crippen molar-refractivity contribution < 1.29 is 9.90 Å². The highest BCUT2D eigenvalue weighted by atomic mass is 16.3. The van der Waals surface area contributed by atoms with Crippen LogP contribution in [-0.4, -0.2) is 46.6 Å². The minimum absolute atomic E-state index is 0.0515. The highest BCUT2D eigenvalue weighted by molar-refractivity contribution is 5.94. The van der Waals surface area contributed by atoms with Gasteiger partial charge in [-0.05, 0) is 44.7 Å². The van der Waals surface area contributed by atoms with E-state index in [9.17, 15) is 9.90 Å². The third-order valence-corrected chi connectivity index (χ3v) is 3.87. The van der Waals surface area contributed by atoms with Gasteiger partial charge in [0.15, 0.2) is 0 Å². The van der Waals surface area contributed by atoms with Crippen molar-refractivity contribution in [1.82, 2.24) is 9.88 Å². The van der Waals surface area contributed by atoms with Gasteiger partial charge in [0.1, 0.15) is 5.82 Å². The molecule has 1 aromatic rings. The molecule has 1 fully saturated rings. The Hall–Kier alpha value is -1.62. The third kappa shape index (κ3) is 3.48. The Morgan fingerprint density at radius 1 is 1.55 bits per heavy atom. The van der Waals surface area contributed by atoms with Crippen molar-refractivity contribution in [3.8, 4) is 0 Å². The molecular formula is C15H23N3O2. The van der Waals surface area contributed by atoms with Gasteiger partial charge < -0.3 is 15.3 Å². The second kappa shape index (κ2) is 6.70. The highest BCUT2D eigenvalue weighted by Crippen LogP contribution is 2.22. The van der Waals surface area contributed by atoms with Crippen LogP contribution in [0.4, 0.5) is 5.82 Å². The van der Waals surface area contributed by atoms with E-state index in [2.05, 4.69) is 10.3 Å². The van der Waals surface area contributed by atoms with Crippen LogP contribution in [0.2, 0.25) is 0 Å². The van der Waals surface area contributed by atoms with Crippen LogP contribution < -0.4 is 5.32 Å². The molecule has 2 heterocycles. The standard InChI is InChI=1S/C15H23N3O2/c1-3-16-14-10-13(4-7-17-14)15(20)18-8-5-12(6-9-18)11(2)19/h4,7,10-12,19H,3,5-6,8-9H2,1-2H3,(H,16,17). The normalized spacial score (nSPS) is 17.9. The predicted octanol–water partition coefficient (Wildman–Crippen LogP) is 1.75. The van der Waals surface area contributed by atoms with Crippen LogP contribution in [-0.2, 0) is 0 Å². The maximum atomic E-state index is 12.4. The summed E-state index contributed by atoms with van der Waals surface area (Å²) in [7, 11) is 0. The summed E-state index contributed by atoms with van der Waals surface area (Å²) in [5.74, 6) is 1.10. The average Bonchev–Trinajstić information content (AvgIpc) is 2.47. The maximum absolute atomic E-state index is 12.4. The molecule has 1 atom stereocenters. The second-order valence-corrected chi connectivity index (χ2v) is 5.33. The van der Waals surface area contributed by atoms with Crippen molar-refractivity contribution in [2.45, 2.75) is 32.8 Å². The number of pyridine rings is 1. The van der Waals surface area contributed by atoms with Crippen molar-refractivity contribution in [1.29, 1.82) is 0 Å². The number of aliphatic hydroxyl groups excluding tert-OH is 1. The summed E-state index contributed by atoms with van der Waals surface area (Å²) in [4.78, 5) is 18.5. The summed E-state index contributed by atoms with van der Waals surface area (Å²) in [6, 6.07) is 3.55. The molecule has 5 heteroatoms. The van der Waals surface area contributed by atoms with Crippen molar-refractivity contribution in [2.24, 2.45) is 5.92 Å². The fourth-order valence-electron chi connectivity index (χ4n) is 2.61.